The average Bonchev–Trinajstić information content (AvgIpc) is 2.83. The number of benzene rings is 2. The van der Waals surface area contributed by atoms with Crippen LogP contribution in [-0.2, 0) is 19.6 Å². The Balaban J connectivity index is 1.48. The number of carbonyl (C=O) groups is 1. The van der Waals surface area contributed by atoms with Gasteiger partial charge in [0.1, 0.15) is 5.75 Å². The highest BCUT2D eigenvalue weighted by Gasteiger charge is 2.27. The van der Waals surface area contributed by atoms with Crippen LogP contribution in [-0.4, -0.2) is 62.8 Å². The fourth-order valence-electron chi connectivity index (χ4n) is 3.60. The molecular weight excluding hydrogens is 462 g/mol. The number of aromatic nitrogens is 1. The molecule has 2 heterocycles. The molecule has 0 atom stereocenters. The van der Waals surface area contributed by atoms with Crippen LogP contribution in [0.25, 0.3) is 10.9 Å². The molecule has 1 fully saturated rings. The minimum absolute atomic E-state index is 0.0972. The van der Waals surface area contributed by atoms with E-state index in [4.69, 9.17) is 9.47 Å². The quantitative estimate of drug-likeness (QED) is 0.511. The molecule has 1 aromatic heterocycles. The molecule has 3 aromatic rings. The van der Waals surface area contributed by atoms with Gasteiger partial charge in [-0.3, -0.25) is 4.79 Å². The Labute approximate surface area is 197 Å². The van der Waals surface area contributed by atoms with Gasteiger partial charge < -0.3 is 14.8 Å². The van der Waals surface area contributed by atoms with Gasteiger partial charge in [-0.25, -0.2) is 13.4 Å². The highest BCUT2D eigenvalue weighted by Crippen LogP contribution is 2.30. The number of anilines is 1. The van der Waals surface area contributed by atoms with Crippen LogP contribution in [0, 0.1) is 6.92 Å². The monoisotopic (exact) mass is 487 g/mol. The van der Waals surface area contributed by atoms with Gasteiger partial charge in [-0.2, -0.15) is 4.31 Å². The summed E-state index contributed by atoms with van der Waals surface area (Å²) < 4.78 is 37.9. The van der Waals surface area contributed by atoms with Gasteiger partial charge in [-0.15, -0.1) is 0 Å². The zero-order valence-corrected chi connectivity index (χ0v) is 20.0. The summed E-state index contributed by atoms with van der Waals surface area (Å²) in [6.45, 7) is 3.33. The van der Waals surface area contributed by atoms with E-state index in [1.807, 2.05) is 37.3 Å². The first kappa shape index (κ1) is 23.5. The van der Waals surface area contributed by atoms with E-state index in [0.29, 0.717) is 37.7 Å². The third-order valence-corrected chi connectivity index (χ3v) is 8.11. The number of nitrogens with one attached hydrogen (secondary N) is 1. The predicted molar refractivity (Wildman–Crippen MR) is 128 cm³/mol. The molecule has 0 unspecified atom stereocenters. The molecule has 0 bridgehead atoms. The molecule has 1 aliphatic heterocycles. The van der Waals surface area contributed by atoms with E-state index < -0.39 is 10.0 Å². The lowest BCUT2D eigenvalue weighted by Crippen LogP contribution is -2.40. The second kappa shape index (κ2) is 10.1. The summed E-state index contributed by atoms with van der Waals surface area (Å²) in [6.07, 6.45) is 0. The van der Waals surface area contributed by atoms with Gasteiger partial charge in [-0.1, -0.05) is 30.0 Å². The average molecular weight is 488 g/mol. The molecule has 10 heteroatoms. The molecule has 0 spiro atoms. The number of rotatable bonds is 7. The molecule has 1 amide bonds. The van der Waals surface area contributed by atoms with E-state index >= 15 is 0 Å². The molecule has 0 aliphatic carbocycles. The lowest BCUT2D eigenvalue weighted by molar-refractivity contribution is -0.113. The lowest BCUT2D eigenvalue weighted by Gasteiger charge is -2.26. The summed E-state index contributed by atoms with van der Waals surface area (Å²) in [5.41, 5.74) is 2.27. The van der Waals surface area contributed by atoms with Crippen LogP contribution in [0.3, 0.4) is 0 Å². The number of hydrogen-bond donors (Lipinski definition) is 1. The smallest absolute Gasteiger partial charge is 0.243 e. The fraction of sp³-hybridized carbons (Fsp3) is 0.304. The first-order valence-electron chi connectivity index (χ1n) is 10.4. The van der Waals surface area contributed by atoms with Crippen molar-refractivity contribution < 1.29 is 22.7 Å². The number of ether oxygens (including phenoxy) is 2. The molecular formula is C23H25N3O5S2. The molecule has 0 radical (unpaired) electrons. The van der Waals surface area contributed by atoms with Gasteiger partial charge in [0.15, 0.2) is 0 Å². The minimum atomic E-state index is -3.69. The van der Waals surface area contributed by atoms with E-state index in [-0.39, 0.29) is 16.6 Å². The summed E-state index contributed by atoms with van der Waals surface area (Å²) in [6, 6.07) is 14.3. The van der Waals surface area contributed by atoms with Crippen LogP contribution in [0.1, 0.15) is 5.56 Å². The molecule has 1 saturated heterocycles. The number of methoxy groups -OCH3 is 1. The Kier molecular flexibility index (Phi) is 7.18. The number of hydrogen-bond acceptors (Lipinski definition) is 7. The van der Waals surface area contributed by atoms with Crippen molar-refractivity contribution in [1.82, 2.24) is 9.29 Å². The van der Waals surface area contributed by atoms with E-state index in [1.54, 1.807) is 6.07 Å². The SMILES string of the molecule is COc1ccc(S(=O)(=O)N2CCOCC2)cc1NC(=O)CSc1cc(C)c2ccccc2n1. The molecule has 33 heavy (non-hydrogen) atoms. The number of carbonyl (C=O) groups excluding carboxylic acids is 1. The zero-order chi connectivity index (χ0) is 23.4. The Hall–Kier alpha value is -2.66. The third-order valence-electron chi connectivity index (χ3n) is 5.30. The highest BCUT2D eigenvalue weighted by atomic mass is 32.2. The lowest BCUT2D eigenvalue weighted by atomic mass is 10.1. The number of nitrogens with zero attached hydrogens (tertiary/aromatic N) is 2. The number of sulfonamides is 1. The van der Waals surface area contributed by atoms with E-state index in [2.05, 4.69) is 10.3 Å². The van der Waals surface area contributed by atoms with Crippen LogP contribution in [0.15, 0.2) is 58.5 Å². The van der Waals surface area contributed by atoms with Crippen molar-refractivity contribution in [3.63, 3.8) is 0 Å². The Bertz CT molecular complexity index is 1270. The van der Waals surface area contributed by atoms with Gasteiger partial charge in [0.05, 0.1) is 47.2 Å². The maximum atomic E-state index is 13.0. The Morgan fingerprint density at radius 2 is 1.94 bits per heavy atom. The van der Waals surface area contributed by atoms with E-state index in [9.17, 15) is 13.2 Å². The molecule has 1 aliphatic rings. The van der Waals surface area contributed by atoms with Crippen molar-refractivity contribution >= 4 is 44.3 Å². The van der Waals surface area contributed by atoms with Crippen molar-refractivity contribution in [2.24, 2.45) is 0 Å². The molecule has 8 nitrogen and oxygen atoms in total. The maximum absolute atomic E-state index is 13.0. The Morgan fingerprint density at radius 3 is 2.70 bits per heavy atom. The number of amides is 1. The fourth-order valence-corrected chi connectivity index (χ4v) is 5.81. The van der Waals surface area contributed by atoms with Crippen LogP contribution >= 0.6 is 11.8 Å². The van der Waals surface area contributed by atoms with Crippen LogP contribution in [0.5, 0.6) is 5.75 Å². The Morgan fingerprint density at radius 1 is 1.18 bits per heavy atom. The first-order valence-corrected chi connectivity index (χ1v) is 12.9. The van der Waals surface area contributed by atoms with Crippen molar-refractivity contribution in [2.75, 3.05) is 44.5 Å². The topological polar surface area (TPSA) is 97.8 Å². The van der Waals surface area contributed by atoms with Crippen LogP contribution < -0.4 is 10.1 Å². The van der Waals surface area contributed by atoms with Gasteiger partial charge in [0.2, 0.25) is 15.9 Å². The molecule has 1 N–H and O–H groups in total. The van der Waals surface area contributed by atoms with Crippen molar-refractivity contribution in [2.45, 2.75) is 16.8 Å². The summed E-state index contributed by atoms with van der Waals surface area (Å²) in [5.74, 6) is 0.217. The van der Waals surface area contributed by atoms with Crippen LogP contribution in [0.2, 0.25) is 0 Å². The number of para-hydroxylation sites is 1. The third kappa shape index (κ3) is 5.30. The van der Waals surface area contributed by atoms with Gasteiger partial charge in [-0.05, 0) is 42.8 Å². The van der Waals surface area contributed by atoms with Crippen molar-refractivity contribution in [3.8, 4) is 5.75 Å². The van der Waals surface area contributed by atoms with E-state index in [0.717, 1.165) is 21.5 Å². The first-order chi connectivity index (χ1) is 15.9. The number of fused-ring (bicyclic) bond motifs is 1. The normalized spacial score (nSPS) is 14.8. The summed E-state index contributed by atoms with van der Waals surface area (Å²) in [7, 11) is -2.22. The largest absolute Gasteiger partial charge is 0.495 e. The predicted octanol–water partition coefficient (Wildman–Crippen LogP) is 3.30. The van der Waals surface area contributed by atoms with Gasteiger partial charge in [0.25, 0.3) is 0 Å². The summed E-state index contributed by atoms with van der Waals surface area (Å²) in [5, 5.41) is 4.60. The van der Waals surface area contributed by atoms with Crippen molar-refractivity contribution in [1.29, 1.82) is 0 Å². The molecule has 2 aromatic carbocycles. The van der Waals surface area contributed by atoms with Gasteiger partial charge >= 0.3 is 0 Å². The number of aryl methyl sites for hydroxylation is 1. The minimum Gasteiger partial charge on any atom is -0.495 e. The molecule has 0 saturated carbocycles. The van der Waals surface area contributed by atoms with E-state index in [1.165, 1.54) is 35.3 Å². The second-order valence-corrected chi connectivity index (χ2v) is 10.4. The standard InChI is InChI=1S/C23H25N3O5S2/c1-16-13-23(25-19-6-4-3-5-18(16)19)32-15-22(27)24-20-14-17(7-8-21(20)30-2)33(28,29)26-9-11-31-12-10-26/h3-8,13-14H,9-12,15H2,1-2H3,(H,24,27). The van der Waals surface area contributed by atoms with Crippen LogP contribution in [0.4, 0.5) is 5.69 Å². The second-order valence-electron chi connectivity index (χ2n) is 7.51. The van der Waals surface area contributed by atoms with Gasteiger partial charge in [0, 0.05) is 18.5 Å². The number of morpholine rings is 1. The zero-order valence-electron chi connectivity index (χ0n) is 18.4. The molecule has 4 rings (SSSR count). The highest BCUT2D eigenvalue weighted by molar-refractivity contribution is 7.99. The van der Waals surface area contributed by atoms with Crippen molar-refractivity contribution in [3.05, 3.63) is 54.1 Å². The summed E-state index contributed by atoms with van der Waals surface area (Å²) >= 11 is 1.32. The number of thioether (sulfide) groups is 1. The number of pyridine rings is 1. The summed E-state index contributed by atoms with van der Waals surface area (Å²) in [4.78, 5) is 17.4. The maximum Gasteiger partial charge on any atom is 0.243 e. The molecule has 174 valence electrons.